The van der Waals surface area contributed by atoms with E-state index in [4.69, 9.17) is 17.0 Å². The first-order valence-electron chi connectivity index (χ1n) is 7.96. The Kier molecular flexibility index (Phi) is 7.97. The standard InChI is InChI=1S/C17H25NOS2/c20-17(18-12-7-2-1-3-8-13-18)21-15-9-14-19-16-10-5-4-6-11-16/h4-6,10-11H,1-3,7-9,12-15H2. The second-order valence-corrected chi connectivity index (χ2v) is 7.11. The SMILES string of the molecule is S=C(SCCCOc1ccccc1)N1CCCCCCC1. The van der Waals surface area contributed by atoms with Gasteiger partial charge in [-0.2, -0.15) is 0 Å². The Bertz CT molecular complexity index is 403. The largest absolute Gasteiger partial charge is 0.494 e. The molecule has 116 valence electrons. The first-order valence-corrected chi connectivity index (χ1v) is 9.35. The molecule has 2 rings (SSSR count). The van der Waals surface area contributed by atoms with Crippen molar-refractivity contribution in [3.05, 3.63) is 30.3 Å². The van der Waals surface area contributed by atoms with Crippen molar-refractivity contribution in [1.29, 1.82) is 0 Å². The van der Waals surface area contributed by atoms with E-state index in [1.165, 1.54) is 32.1 Å². The lowest BCUT2D eigenvalue weighted by Crippen LogP contribution is -2.30. The number of thioether (sulfide) groups is 1. The Labute approximate surface area is 138 Å². The summed E-state index contributed by atoms with van der Waals surface area (Å²) in [6.45, 7) is 3.05. The Morgan fingerprint density at radius 2 is 1.71 bits per heavy atom. The third-order valence-corrected chi connectivity index (χ3v) is 5.25. The zero-order valence-corrected chi connectivity index (χ0v) is 14.3. The van der Waals surface area contributed by atoms with E-state index in [9.17, 15) is 0 Å². The van der Waals surface area contributed by atoms with E-state index in [0.717, 1.165) is 41.9 Å². The number of rotatable bonds is 5. The second-order valence-electron chi connectivity index (χ2n) is 5.38. The normalized spacial score (nSPS) is 16.1. The van der Waals surface area contributed by atoms with E-state index in [0.29, 0.717) is 0 Å². The Balaban J connectivity index is 1.58. The molecule has 0 bridgehead atoms. The number of nitrogens with zero attached hydrogens (tertiary/aromatic N) is 1. The van der Waals surface area contributed by atoms with Crippen molar-refractivity contribution in [2.75, 3.05) is 25.4 Å². The van der Waals surface area contributed by atoms with Gasteiger partial charge in [0.05, 0.1) is 6.61 Å². The van der Waals surface area contributed by atoms with Gasteiger partial charge < -0.3 is 9.64 Å². The summed E-state index contributed by atoms with van der Waals surface area (Å²) in [5, 5.41) is 0. The topological polar surface area (TPSA) is 12.5 Å². The van der Waals surface area contributed by atoms with Crippen LogP contribution in [0.25, 0.3) is 0 Å². The molecular formula is C17H25NOS2. The third-order valence-electron chi connectivity index (χ3n) is 3.64. The summed E-state index contributed by atoms with van der Waals surface area (Å²) >= 11 is 7.38. The summed E-state index contributed by atoms with van der Waals surface area (Å²) in [7, 11) is 0. The van der Waals surface area contributed by atoms with Gasteiger partial charge in [0.2, 0.25) is 0 Å². The average molecular weight is 324 g/mol. The number of para-hydroxylation sites is 1. The van der Waals surface area contributed by atoms with Gasteiger partial charge in [-0.1, -0.05) is 61.4 Å². The number of benzene rings is 1. The minimum atomic E-state index is 0.764. The van der Waals surface area contributed by atoms with Crippen molar-refractivity contribution >= 4 is 28.3 Å². The summed E-state index contributed by atoms with van der Waals surface area (Å²) in [5.74, 6) is 2.00. The molecule has 1 aliphatic rings. The zero-order valence-electron chi connectivity index (χ0n) is 12.6. The molecule has 0 aliphatic carbocycles. The Morgan fingerprint density at radius 3 is 2.43 bits per heavy atom. The molecule has 21 heavy (non-hydrogen) atoms. The number of thiocarbonyl (C=S) groups is 1. The lowest BCUT2D eigenvalue weighted by atomic mass is 10.1. The molecule has 0 unspecified atom stereocenters. The van der Waals surface area contributed by atoms with Gasteiger partial charge in [0.15, 0.2) is 0 Å². The fourth-order valence-corrected chi connectivity index (χ4v) is 3.68. The molecule has 1 aromatic rings. The highest BCUT2D eigenvalue weighted by atomic mass is 32.2. The molecule has 4 heteroatoms. The molecule has 1 saturated heterocycles. The third kappa shape index (κ3) is 6.70. The highest BCUT2D eigenvalue weighted by molar-refractivity contribution is 8.22. The molecule has 0 spiro atoms. The van der Waals surface area contributed by atoms with Crippen LogP contribution in [0.2, 0.25) is 0 Å². The molecule has 0 radical (unpaired) electrons. The summed E-state index contributed by atoms with van der Waals surface area (Å²) in [6, 6.07) is 10.0. The van der Waals surface area contributed by atoms with Crippen LogP contribution in [0.4, 0.5) is 0 Å². The minimum Gasteiger partial charge on any atom is -0.494 e. The molecule has 1 aliphatic heterocycles. The molecule has 0 atom stereocenters. The van der Waals surface area contributed by atoms with Gasteiger partial charge in [0, 0.05) is 18.8 Å². The molecule has 0 N–H and O–H groups in total. The van der Waals surface area contributed by atoms with E-state index in [2.05, 4.69) is 4.90 Å². The molecule has 1 aromatic carbocycles. The van der Waals surface area contributed by atoms with Crippen LogP contribution in [0.1, 0.15) is 38.5 Å². The van der Waals surface area contributed by atoms with E-state index in [1.54, 1.807) is 0 Å². The van der Waals surface area contributed by atoms with Crippen molar-refractivity contribution in [3.63, 3.8) is 0 Å². The maximum Gasteiger partial charge on any atom is 0.136 e. The van der Waals surface area contributed by atoms with Crippen molar-refractivity contribution in [3.8, 4) is 5.75 Å². The summed E-state index contributed by atoms with van der Waals surface area (Å²) in [6.07, 6.45) is 7.72. The maximum atomic E-state index is 5.70. The zero-order chi connectivity index (χ0) is 14.8. The van der Waals surface area contributed by atoms with Crippen LogP contribution in [0, 0.1) is 0 Å². The van der Waals surface area contributed by atoms with Gasteiger partial charge in [-0.05, 0) is 31.4 Å². The summed E-state index contributed by atoms with van der Waals surface area (Å²) in [5.41, 5.74) is 0. The molecule has 2 nitrogen and oxygen atoms in total. The van der Waals surface area contributed by atoms with E-state index >= 15 is 0 Å². The predicted octanol–water partition coefficient (Wildman–Crippen LogP) is 4.74. The molecule has 1 heterocycles. The van der Waals surface area contributed by atoms with Crippen LogP contribution in [-0.4, -0.2) is 34.7 Å². The molecule has 0 amide bonds. The van der Waals surface area contributed by atoms with Crippen molar-refractivity contribution in [1.82, 2.24) is 4.90 Å². The lowest BCUT2D eigenvalue weighted by Gasteiger charge is -2.26. The van der Waals surface area contributed by atoms with Gasteiger partial charge in [-0.3, -0.25) is 0 Å². The monoisotopic (exact) mass is 323 g/mol. The maximum absolute atomic E-state index is 5.70. The van der Waals surface area contributed by atoms with Gasteiger partial charge in [0.25, 0.3) is 0 Å². The molecular weight excluding hydrogens is 298 g/mol. The van der Waals surface area contributed by atoms with Crippen LogP contribution < -0.4 is 4.74 Å². The van der Waals surface area contributed by atoms with Crippen LogP contribution in [-0.2, 0) is 0 Å². The molecule has 1 fully saturated rings. The smallest absolute Gasteiger partial charge is 0.136 e. The summed E-state index contributed by atoms with van der Waals surface area (Å²) in [4.78, 5) is 2.40. The first-order chi connectivity index (χ1) is 10.4. The number of ether oxygens (including phenoxy) is 1. The van der Waals surface area contributed by atoms with Crippen molar-refractivity contribution in [2.45, 2.75) is 38.5 Å². The average Bonchev–Trinajstić information content (AvgIpc) is 2.47. The van der Waals surface area contributed by atoms with Crippen LogP contribution in [0.3, 0.4) is 0 Å². The number of hydrogen-bond donors (Lipinski definition) is 0. The highest BCUT2D eigenvalue weighted by Crippen LogP contribution is 2.17. The predicted molar refractivity (Wildman–Crippen MR) is 96.3 cm³/mol. The Hall–Kier alpha value is -0.740. The van der Waals surface area contributed by atoms with Gasteiger partial charge in [-0.15, -0.1) is 0 Å². The fraction of sp³-hybridized carbons (Fsp3) is 0.588. The number of hydrogen-bond acceptors (Lipinski definition) is 3. The van der Waals surface area contributed by atoms with E-state index in [-0.39, 0.29) is 0 Å². The van der Waals surface area contributed by atoms with Gasteiger partial charge in [0.1, 0.15) is 10.1 Å². The van der Waals surface area contributed by atoms with E-state index in [1.807, 2.05) is 42.1 Å². The van der Waals surface area contributed by atoms with Gasteiger partial charge in [-0.25, -0.2) is 0 Å². The first kappa shape index (κ1) is 16.6. The number of likely N-dealkylation sites (tertiary alicyclic amines) is 1. The van der Waals surface area contributed by atoms with Crippen LogP contribution in [0.15, 0.2) is 30.3 Å². The Morgan fingerprint density at radius 1 is 1.05 bits per heavy atom. The fourth-order valence-electron chi connectivity index (χ4n) is 2.45. The second kappa shape index (κ2) is 10.1. The van der Waals surface area contributed by atoms with E-state index < -0.39 is 0 Å². The van der Waals surface area contributed by atoms with Crippen molar-refractivity contribution in [2.24, 2.45) is 0 Å². The minimum absolute atomic E-state index is 0.764. The lowest BCUT2D eigenvalue weighted by molar-refractivity contribution is 0.319. The highest BCUT2D eigenvalue weighted by Gasteiger charge is 2.11. The quantitative estimate of drug-likeness (QED) is 0.573. The van der Waals surface area contributed by atoms with Crippen LogP contribution >= 0.6 is 24.0 Å². The van der Waals surface area contributed by atoms with Gasteiger partial charge >= 0.3 is 0 Å². The van der Waals surface area contributed by atoms with Crippen LogP contribution in [0.5, 0.6) is 5.75 Å². The summed E-state index contributed by atoms with van der Waals surface area (Å²) < 4.78 is 6.78. The molecule has 0 saturated carbocycles. The molecule has 0 aromatic heterocycles. The van der Waals surface area contributed by atoms with Crippen molar-refractivity contribution < 1.29 is 4.74 Å².